The van der Waals surface area contributed by atoms with Crippen LogP contribution in [0.15, 0.2) is 30.3 Å². The number of nitrogens with two attached hydrogens (primary N) is 1. The van der Waals surface area contributed by atoms with Gasteiger partial charge < -0.3 is 10.5 Å². The molecule has 0 spiro atoms. The van der Waals surface area contributed by atoms with Crippen LogP contribution in [0.4, 0.5) is 0 Å². The van der Waals surface area contributed by atoms with Crippen molar-refractivity contribution in [2.75, 3.05) is 6.54 Å². The molecule has 1 heterocycles. The molecule has 0 saturated carbocycles. The highest BCUT2D eigenvalue weighted by atomic mass is 16.8. The number of hydrogen-bond acceptors (Lipinski definition) is 4. The molecule has 2 rings (SSSR count). The van der Waals surface area contributed by atoms with Gasteiger partial charge in [0.2, 0.25) is 0 Å². The summed E-state index contributed by atoms with van der Waals surface area (Å²) >= 11 is 0. The van der Waals surface area contributed by atoms with Gasteiger partial charge in [0.1, 0.15) is 6.79 Å². The van der Waals surface area contributed by atoms with E-state index in [1.54, 1.807) is 0 Å². The molecular weight excluding hydrogens is 240 g/mol. The number of carbonyl (C=O) groups is 1. The van der Waals surface area contributed by atoms with E-state index in [9.17, 15) is 0 Å². The van der Waals surface area contributed by atoms with Gasteiger partial charge >= 0.3 is 0 Å². The molecule has 0 bridgehead atoms. The molecule has 1 aromatic rings. The van der Waals surface area contributed by atoms with Crippen LogP contribution in [-0.2, 0) is 9.63 Å². The van der Waals surface area contributed by atoms with E-state index in [0.717, 1.165) is 6.54 Å². The second kappa shape index (κ2) is 11.8. The van der Waals surface area contributed by atoms with Crippen molar-refractivity contribution in [2.24, 2.45) is 11.1 Å². The van der Waals surface area contributed by atoms with E-state index < -0.39 is 0 Å². The van der Waals surface area contributed by atoms with Crippen molar-refractivity contribution in [3.05, 3.63) is 35.9 Å². The highest BCUT2D eigenvalue weighted by Crippen LogP contribution is 2.21. The van der Waals surface area contributed by atoms with Crippen molar-refractivity contribution >= 4 is 6.79 Å². The SMILES string of the molecule is C=O.CC.CC(C)(C)CN.c1ccc(C2NO2)cc1. The van der Waals surface area contributed by atoms with Crippen molar-refractivity contribution in [3.63, 3.8) is 0 Å². The summed E-state index contributed by atoms with van der Waals surface area (Å²) in [7, 11) is 0. The van der Waals surface area contributed by atoms with Crippen LogP contribution >= 0.6 is 0 Å². The average Bonchev–Trinajstić information content (AvgIpc) is 3.29. The molecule has 4 nitrogen and oxygen atoms in total. The van der Waals surface area contributed by atoms with Gasteiger partial charge in [0.25, 0.3) is 0 Å². The lowest BCUT2D eigenvalue weighted by Crippen LogP contribution is -2.18. The largest absolute Gasteiger partial charge is 0.330 e. The molecule has 1 fully saturated rings. The molecule has 1 unspecified atom stereocenters. The van der Waals surface area contributed by atoms with Crippen LogP contribution in [0.1, 0.15) is 46.4 Å². The van der Waals surface area contributed by atoms with Crippen LogP contribution in [0, 0.1) is 5.41 Å². The van der Waals surface area contributed by atoms with Gasteiger partial charge in [0, 0.05) is 0 Å². The lowest BCUT2D eigenvalue weighted by molar-refractivity contribution is -0.0979. The summed E-state index contributed by atoms with van der Waals surface area (Å²) < 4.78 is 0. The third-order valence-corrected chi connectivity index (χ3v) is 1.95. The summed E-state index contributed by atoms with van der Waals surface area (Å²) in [4.78, 5) is 12.8. The van der Waals surface area contributed by atoms with E-state index in [1.165, 1.54) is 5.56 Å². The van der Waals surface area contributed by atoms with E-state index >= 15 is 0 Å². The first-order valence-corrected chi connectivity index (χ1v) is 6.48. The molecule has 110 valence electrons. The van der Waals surface area contributed by atoms with Crippen LogP contribution < -0.4 is 11.2 Å². The zero-order chi connectivity index (χ0) is 15.3. The predicted molar refractivity (Wildman–Crippen MR) is 80.4 cm³/mol. The number of nitrogens with one attached hydrogen (secondary N) is 1. The lowest BCUT2D eigenvalue weighted by atomic mass is 9.98. The Labute approximate surface area is 117 Å². The summed E-state index contributed by atoms with van der Waals surface area (Å²) in [6.07, 6.45) is 0.159. The van der Waals surface area contributed by atoms with E-state index in [4.69, 9.17) is 15.4 Å². The van der Waals surface area contributed by atoms with Gasteiger partial charge in [-0.15, -0.1) is 0 Å². The first kappa shape index (κ1) is 20.1. The molecule has 0 aromatic heterocycles. The Morgan fingerprint density at radius 1 is 1.21 bits per heavy atom. The standard InChI is InChI=1S/C7H7NO.C5H13N.C2H6.CH2O/c1-2-4-6(5-3-1)7-8-9-7;1-5(2,3)4-6;2*1-2/h1-5,7-8H;4,6H2,1-3H3;1-2H3;1H2. The second-order valence-electron chi connectivity index (χ2n) is 4.79. The van der Waals surface area contributed by atoms with Gasteiger partial charge in [-0.1, -0.05) is 65.0 Å². The van der Waals surface area contributed by atoms with Crippen LogP contribution in [-0.4, -0.2) is 13.3 Å². The minimum atomic E-state index is 0.159. The molecule has 1 aliphatic rings. The molecule has 19 heavy (non-hydrogen) atoms. The molecule has 3 N–H and O–H groups in total. The fraction of sp³-hybridized carbons (Fsp3) is 0.533. The normalized spacial score (nSPS) is 15.6. The number of hydrogen-bond donors (Lipinski definition) is 2. The van der Waals surface area contributed by atoms with E-state index in [2.05, 4.69) is 26.3 Å². The minimum Gasteiger partial charge on any atom is -0.330 e. The van der Waals surface area contributed by atoms with E-state index in [0.29, 0.717) is 5.41 Å². The van der Waals surface area contributed by atoms with Gasteiger partial charge in [0.05, 0.1) is 0 Å². The molecule has 1 aliphatic heterocycles. The average molecular weight is 268 g/mol. The number of hydroxylamine groups is 1. The Kier molecular flexibility index (Phi) is 12.5. The number of benzene rings is 1. The summed E-state index contributed by atoms with van der Waals surface area (Å²) in [5.41, 5.74) is 9.57. The zero-order valence-corrected chi connectivity index (χ0v) is 12.8. The summed E-state index contributed by atoms with van der Waals surface area (Å²) in [5.74, 6) is 0. The van der Waals surface area contributed by atoms with Crippen LogP contribution in [0.25, 0.3) is 0 Å². The first-order chi connectivity index (χ1) is 9.03. The van der Waals surface area contributed by atoms with Crippen LogP contribution in [0.3, 0.4) is 0 Å². The van der Waals surface area contributed by atoms with Gasteiger partial charge in [-0.3, -0.25) is 4.84 Å². The van der Waals surface area contributed by atoms with Crippen molar-refractivity contribution in [2.45, 2.75) is 40.8 Å². The Hall–Kier alpha value is -1.23. The molecular formula is C15H28N2O2. The molecule has 1 atom stereocenters. The smallest absolute Gasteiger partial charge is 0.176 e. The van der Waals surface area contributed by atoms with Gasteiger partial charge in [-0.25, -0.2) is 0 Å². The fourth-order valence-corrected chi connectivity index (χ4v) is 0.798. The Balaban J connectivity index is 0. The van der Waals surface area contributed by atoms with E-state index in [1.807, 2.05) is 51.0 Å². The Bertz CT molecular complexity index is 293. The maximum atomic E-state index is 8.00. The highest BCUT2D eigenvalue weighted by Gasteiger charge is 2.23. The number of carbonyl (C=O) groups excluding carboxylic acids is 1. The van der Waals surface area contributed by atoms with Crippen molar-refractivity contribution < 1.29 is 9.63 Å². The summed E-state index contributed by atoms with van der Waals surface area (Å²) in [5, 5.41) is 0. The third-order valence-electron chi connectivity index (χ3n) is 1.95. The van der Waals surface area contributed by atoms with Gasteiger partial charge in [-0.2, -0.15) is 5.48 Å². The quantitative estimate of drug-likeness (QED) is 0.767. The van der Waals surface area contributed by atoms with Crippen molar-refractivity contribution in [3.8, 4) is 0 Å². The predicted octanol–water partition coefficient (Wildman–Crippen LogP) is 3.05. The monoisotopic (exact) mass is 268 g/mol. The minimum absolute atomic E-state index is 0.159. The van der Waals surface area contributed by atoms with E-state index in [-0.39, 0.29) is 6.23 Å². The third kappa shape index (κ3) is 13.0. The molecule has 0 aliphatic carbocycles. The Morgan fingerprint density at radius 2 is 1.58 bits per heavy atom. The maximum absolute atomic E-state index is 8.00. The van der Waals surface area contributed by atoms with Crippen LogP contribution in [0.5, 0.6) is 0 Å². The highest BCUT2D eigenvalue weighted by molar-refractivity contribution is 5.18. The molecule has 0 amide bonds. The fourth-order valence-electron chi connectivity index (χ4n) is 0.798. The summed E-state index contributed by atoms with van der Waals surface area (Å²) in [6, 6.07) is 10.1. The Morgan fingerprint density at radius 3 is 1.84 bits per heavy atom. The van der Waals surface area contributed by atoms with Gasteiger partial charge in [-0.05, 0) is 17.5 Å². The maximum Gasteiger partial charge on any atom is 0.176 e. The summed E-state index contributed by atoms with van der Waals surface area (Å²) in [6.45, 7) is 13.1. The molecule has 1 saturated heterocycles. The molecule has 1 aromatic carbocycles. The van der Waals surface area contributed by atoms with Crippen molar-refractivity contribution in [1.82, 2.24) is 5.48 Å². The topological polar surface area (TPSA) is 77.6 Å². The van der Waals surface area contributed by atoms with Crippen molar-refractivity contribution in [1.29, 1.82) is 0 Å². The first-order valence-electron chi connectivity index (χ1n) is 6.48. The van der Waals surface area contributed by atoms with Gasteiger partial charge in [0.15, 0.2) is 6.23 Å². The lowest BCUT2D eigenvalue weighted by Gasteiger charge is -2.12. The molecule has 4 heteroatoms. The zero-order valence-electron chi connectivity index (χ0n) is 12.8. The molecule has 0 radical (unpaired) electrons. The second-order valence-corrected chi connectivity index (χ2v) is 4.79. The number of rotatable bonds is 1. The van der Waals surface area contributed by atoms with Crippen LogP contribution in [0.2, 0.25) is 0 Å².